The van der Waals surface area contributed by atoms with Gasteiger partial charge in [0.2, 0.25) is 5.91 Å². The number of nitriles is 1. The summed E-state index contributed by atoms with van der Waals surface area (Å²) in [6.07, 6.45) is 4.01. The summed E-state index contributed by atoms with van der Waals surface area (Å²) in [6.45, 7) is 0. The number of thioether (sulfide) groups is 1. The van der Waals surface area contributed by atoms with Gasteiger partial charge in [-0.15, -0.1) is 11.3 Å². The summed E-state index contributed by atoms with van der Waals surface area (Å²) >= 11 is 2.66. The van der Waals surface area contributed by atoms with E-state index in [1.807, 2.05) is 0 Å². The molecule has 0 saturated heterocycles. The lowest BCUT2D eigenvalue weighted by Crippen LogP contribution is -2.37. The predicted octanol–water partition coefficient (Wildman–Crippen LogP) is 1.51. The molecule has 3 aromatic rings. The molecule has 156 valence electrons. The summed E-state index contributed by atoms with van der Waals surface area (Å²) in [7, 11) is 4.66. The van der Waals surface area contributed by atoms with E-state index < -0.39 is 11.2 Å². The Bertz CT molecular complexity index is 1340. The van der Waals surface area contributed by atoms with Crippen molar-refractivity contribution in [3.63, 3.8) is 0 Å². The second kappa shape index (κ2) is 7.77. The van der Waals surface area contributed by atoms with Crippen LogP contribution in [0.25, 0.3) is 11.2 Å². The Balaban J connectivity index is 1.55. The number of nitrogens with one attached hydrogen (secondary N) is 1. The van der Waals surface area contributed by atoms with E-state index in [0.29, 0.717) is 21.2 Å². The highest BCUT2D eigenvalue weighted by molar-refractivity contribution is 7.99. The molecular formula is C19H20N6O3S2. The van der Waals surface area contributed by atoms with E-state index in [1.165, 1.54) is 39.6 Å². The molecule has 0 spiro atoms. The number of anilines is 1. The minimum atomic E-state index is -0.453. The molecule has 9 nitrogen and oxygen atoms in total. The van der Waals surface area contributed by atoms with Crippen LogP contribution in [0.4, 0.5) is 5.00 Å². The first-order chi connectivity index (χ1) is 14.3. The van der Waals surface area contributed by atoms with Crippen LogP contribution in [0.2, 0.25) is 0 Å². The van der Waals surface area contributed by atoms with Gasteiger partial charge in [0.05, 0.1) is 11.3 Å². The molecule has 0 saturated carbocycles. The summed E-state index contributed by atoms with van der Waals surface area (Å²) in [4.78, 5) is 42.7. The molecule has 0 atom stereocenters. The Morgan fingerprint density at radius 2 is 1.93 bits per heavy atom. The fourth-order valence-corrected chi connectivity index (χ4v) is 5.72. The molecule has 4 rings (SSSR count). The Morgan fingerprint density at radius 1 is 1.20 bits per heavy atom. The number of amides is 1. The molecule has 0 radical (unpaired) electrons. The van der Waals surface area contributed by atoms with Gasteiger partial charge in [0.1, 0.15) is 11.1 Å². The molecule has 1 amide bonds. The van der Waals surface area contributed by atoms with Gasteiger partial charge in [-0.1, -0.05) is 11.8 Å². The van der Waals surface area contributed by atoms with Gasteiger partial charge in [-0.3, -0.25) is 18.7 Å². The van der Waals surface area contributed by atoms with Crippen molar-refractivity contribution in [1.82, 2.24) is 18.7 Å². The van der Waals surface area contributed by atoms with Crippen LogP contribution in [0.5, 0.6) is 0 Å². The number of carbonyl (C=O) groups excluding carboxylic acids is 1. The lowest BCUT2D eigenvalue weighted by Gasteiger charge is -2.09. The Morgan fingerprint density at radius 3 is 2.67 bits per heavy atom. The van der Waals surface area contributed by atoms with Crippen LogP contribution in [-0.2, 0) is 38.8 Å². The summed E-state index contributed by atoms with van der Waals surface area (Å²) < 4.78 is 3.95. The van der Waals surface area contributed by atoms with Crippen LogP contribution < -0.4 is 16.6 Å². The first-order valence-electron chi connectivity index (χ1n) is 9.43. The fraction of sp³-hybridized carbons (Fsp3) is 0.421. The Hall–Kier alpha value is -2.84. The monoisotopic (exact) mass is 444 g/mol. The van der Waals surface area contributed by atoms with E-state index in [1.54, 1.807) is 18.7 Å². The van der Waals surface area contributed by atoms with Crippen molar-refractivity contribution in [3.8, 4) is 6.07 Å². The summed E-state index contributed by atoms with van der Waals surface area (Å²) in [5, 5.41) is 13.5. The third-order valence-corrected chi connectivity index (χ3v) is 7.54. The van der Waals surface area contributed by atoms with Gasteiger partial charge in [-0.05, 0) is 31.2 Å². The number of fused-ring (bicyclic) bond motifs is 2. The van der Waals surface area contributed by atoms with Crippen molar-refractivity contribution in [2.45, 2.75) is 30.8 Å². The number of thiophene rings is 1. The van der Waals surface area contributed by atoms with E-state index in [0.717, 1.165) is 35.8 Å². The van der Waals surface area contributed by atoms with Crippen LogP contribution >= 0.6 is 23.1 Å². The molecule has 30 heavy (non-hydrogen) atoms. The second-order valence-electron chi connectivity index (χ2n) is 7.20. The average molecular weight is 445 g/mol. The number of imidazole rings is 1. The van der Waals surface area contributed by atoms with Gasteiger partial charge >= 0.3 is 5.69 Å². The van der Waals surface area contributed by atoms with Crippen LogP contribution in [0.3, 0.4) is 0 Å². The van der Waals surface area contributed by atoms with Gasteiger partial charge < -0.3 is 9.88 Å². The largest absolute Gasteiger partial charge is 0.332 e. The van der Waals surface area contributed by atoms with Crippen molar-refractivity contribution in [1.29, 1.82) is 5.26 Å². The number of rotatable bonds is 4. The molecule has 0 bridgehead atoms. The number of aryl methyl sites for hydroxylation is 3. The van der Waals surface area contributed by atoms with Gasteiger partial charge in [0.25, 0.3) is 5.56 Å². The molecule has 0 unspecified atom stereocenters. The summed E-state index contributed by atoms with van der Waals surface area (Å²) in [5.41, 5.74) is 1.36. The number of nitrogens with zero attached hydrogens (tertiary/aromatic N) is 5. The zero-order valence-corrected chi connectivity index (χ0v) is 18.4. The molecule has 1 aliphatic rings. The van der Waals surface area contributed by atoms with E-state index in [9.17, 15) is 19.6 Å². The lowest BCUT2D eigenvalue weighted by atomic mass is 9.96. The van der Waals surface area contributed by atoms with Crippen LogP contribution in [-0.4, -0.2) is 30.3 Å². The number of carbonyl (C=O) groups is 1. The van der Waals surface area contributed by atoms with Crippen LogP contribution in [0.15, 0.2) is 14.7 Å². The SMILES string of the molecule is Cn1c(=O)c2c(nc(SCC(=O)Nc3sc4c(c3C#N)CCCC4)n2C)n(C)c1=O. The predicted molar refractivity (Wildman–Crippen MR) is 116 cm³/mol. The molecule has 11 heteroatoms. The van der Waals surface area contributed by atoms with Crippen molar-refractivity contribution in [2.24, 2.45) is 21.1 Å². The molecule has 0 fully saturated rings. The number of hydrogen-bond donors (Lipinski definition) is 1. The molecule has 1 aliphatic carbocycles. The van der Waals surface area contributed by atoms with Gasteiger partial charge in [0.15, 0.2) is 16.3 Å². The first-order valence-corrected chi connectivity index (χ1v) is 11.2. The average Bonchev–Trinajstić information content (AvgIpc) is 3.26. The standard InChI is InChI=1S/C19H20N6O3S2/c1-23-14-15(24(2)19(28)25(3)17(14)27)22-18(23)29-9-13(26)21-16-11(8-20)10-6-4-5-7-12(10)30-16/h4-7,9H2,1-3H3,(H,21,26). The van der Waals surface area contributed by atoms with Gasteiger partial charge in [-0.25, -0.2) is 9.78 Å². The van der Waals surface area contributed by atoms with E-state index >= 15 is 0 Å². The highest BCUT2D eigenvalue weighted by Gasteiger charge is 2.22. The Kier molecular flexibility index (Phi) is 5.29. The smallest absolute Gasteiger partial charge is 0.316 e. The first kappa shape index (κ1) is 20.4. The normalized spacial score (nSPS) is 13.3. The molecule has 0 aromatic carbocycles. The quantitative estimate of drug-likeness (QED) is 0.610. The summed E-state index contributed by atoms with van der Waals surface area (Å²) in [5.74, 6) is -0.178. The second-order valence-corrected chi connectivity index (χ2v) is 9.24. The minimum Gasteiger partial charge on any atom is -0.316 e. The maximum absolute atomic E-state index is 12.5. The lowest BCUT2D eigenvalue weighted by molar-refractivity contribution is -0.113. The van der Waals surface area contributed by atoms with Crippen molar-refractivity contribution in [3.05, 3.63) is 36.8 Å². The zero-order valence-electron chi connectivity index (χ0n) is 16.8. The zero-order chi connectivity index (χ0) is 21.6. The number of aromatic nitrogens is 4. The highest BCUT2D eigenvalue weighted by atomic mass is 32.2. The maximum atomic E-state index is 12.5. The fourth-order valence-electron chi connectivity index (χ4n) is 3.69. The minimum absolute atomic E-state index is 0.0683. The topological polar surface area (TPSA) is 115 Å². The van der Waals surface area contributed by atoms with Gasteiger partial charge in [0, 0.05) is 26.0 Å². The van der Waals surface area contributed by atoms with E-state index in [-0.39, 0.29) is 17.3 Å². The van der Waals surface area contributed by atoms with E-state index in [4.69, 9.17) is 0 Å². The number of hydrogen-bond acceptors (Lipinski definition) is 7. The molecule has 3 heterocycles. The third-order valence-electron chi connectivity index (χ3n) is 5.30. The molecule has 0 aliphatic heterocycles. The molecule has 1 N–H and O–H groups in total. The molecule has 3 aromatic heterocycles. The van der Waals surface area contributed by atoms with Gasteiger partial charge in [-0.2, -0.15) is 5.26 Å². The van der Waals surface area contributed by atoms with Crippen molar-refractivity contribution in [2.75, 3.05) is 11.1 Å². The van der Waals surface area contributed by atoms with Crippen molar-refractivity contribution >= 4 is 45.2 Å². The summed E-state index contributed by atoms with van der Waals surface area (Å²) in [6, 6.07) is 2.24. The van der Waals surface area contributed by atoms with E-state index in [2.05, 4.69) is 16.4 Å². The molecular weight excluding hydrogens is 424 g/mol. The Labute approximate surface area is 180 Å². The van der Waals surface area contributed by atoms with Crippen LogP contribution in [0.1, 0.15) is 28.8 Å². The van der Waals surface area contributed by atoms with Crippen LogP contribution in [0, 0.1) is 11.3 Å². The highest BCUT2D eigenvalue weighted by Crippen LogP contribution is 2.37. The maximum Gasteiger partial charge on any atom is 0.332 e. The third kappa shape index (κ3) is 3.26. The van der Waals surface area contributed by atoms with Crippen molar-refractivity contribution < 1.29 is 4.79 Å².